The fourth-order valence-corrected chi connectivity index (χ4v) is 1.97. The fourth-order valence-electron chi connectivity index (χ4n) is 1.13. The van der Waals surface area contributed by atoms with Crippen molar-refractivity contribution in [2.45, 2.75) is 4.90 Å². The van der Waals surface area contributed by atoms with Crippen molar-refractivity contribution in [2.75, 3.05) is 0 Å². The largest absolute Gasteiger partial charge is 0.478 e. The van der Waals surface area contributed by atoms with Gasteiger partial charge >= 0.3 is 28.1 Å². The standard InChI is InChI=1S/C9H8N2O8S/c10-9(16)11-19-20(17,18)6-2-4(7(12)13)1-5(3-6)8(14)15/h1-3H,(H,12,13)(H,14,15)(H3,10,11,16). The zero-order valence-electron chi connectivity index (χ0n) is 9.56. The molecule has 10 nitrogen and oxygen atoms in total. The van der Waals surface area contributed by atoms with Crippen molar-refractivity contribution in [3.8, 4) is 0 Å². The molecule has 108 valence electrons. The summed E-state index contributed by atoms with van der Waals surface area (Å²) in [5, 5.41) is 17.6. The Morgan fingerprint density at radius 1 is 1.05 bits per heavy atom. The Bertz CT molecular complexity index is 649. The lowest BCUT2D eigenvalue weighted by atomic mass is 10.1. The molecule has 5 N–H and O–H groups in total. The van der Waals surface area contributed by atoms with E-state index in [1.165, 1.54) is 5.48 Å². The highest BCUT2D eigenvalue weighted by Gasteiger charge is 2.21. The van der Waals surface area contributed by atoms with Crippen molar-refractivity contribution >= 4 is 28.1 Å². The minimum Gasteiger partial charge on any atom is -0.478 e. The average molecular weight is 304 g/mol. The quantitative estimate of drug-likeness (QED) is 0.520. The molecule has 1 aromatic carbocycles. The first kappa shape index (κ1) is 15.4. The monoisotopic (exact) mass is 304 g/mol. The van der Waals surface area contributed by atoms with Gasteiger partial charge in [-0.25, -0.2) is 14.4 Å². The van der Waals surface area contributed by atoms with Crippen LogP contribution in [0.5, 0.6) is 0 Å². The third-order valence-electron chi connectivity index (χ3n) is 1.94. The molecule has 0 unspecified atom stereocenters. The van der Waals surface area contributed by atoms with E-state index in [0.29, 0.717) is 12.1 Å². The molecule has 0 aliphatic heterocycles. The number of carbonyl (C=O) groups is 3. The highest BCUT2D eigenvalue weighted by atomic mass is 32.2. The number of carbonyl (C=O) groups excluding carboxylic acids is 1. The molecule has 0 bridgehead atoms. The van der Waals surface area contributed by atoms with Gasteiger partial charge in [0.1, 0.15) is 0 Å². The number of urea groups is 1. The molecule has 1 rings (SSSR count). The number of nitrogens with one attached hydrogen (secondary N) is 1. The molecular weight excluding hydrogens is 296 g/mol. The van der Waals surface area contributed by atoms with Gasteiger partial charge in [-0.1, -0.05) is 0 Å². The van der Waals surface area contributed by atoms with Gasteiger partial charge in [0.05, 0.1) is 16.0 Å². The van der Waals surface area contributed by atoms with Crippen LogP contribution in [0.3, 0.4) is 0 Å². The van der Waals surface area contributed by atoms with Crippen molar-refractivity contribution in [3.63, 3.8) is 0 Å². The molecular formula is C9H8N2O8S. The van der Waals surface area contributed by atoms with Gasteiger partial charge in [-0.05, 0) is 18.2 Å². The van der Waals surface area contributed by atoms with Crippen molar-refractivity contribution in [1.82, 2.24) is 5.48 Å². The number of carboxylic acids is 2. The lowest BCUT2D eigenvalue weighted by molar-refractivity contribution is 0.0696. The predicted octanol–water partition coefficient (Wildman–Crippen LogP) is -0.628. The molecule has 0 aliphatic carbocycles. The van der Waals surface area contributed by atoms with Gasteiger partial charge in [0.25, 0.3) is 0 Å². The van der Waals surface area contributed by atoms with E-state index in [0.717, 1.165) is 6.07 Å². The number of carboxylic acid groups (broad SMARTS) is 2. The van der Waals surface area contributed by atoms with Crippen molar-refractivity contribution < 1.29 is 37.3 Å². The summed E-state index contributed by atoms with van der Waals surface area (Å²) in [6.07, 6.45) is 0. The summed E-state index contributed by atoms with van der Waals surface area (Å²) in [4.78, 5) is 31.2. The molecule has 20 heavy (non-hydrogen) atoms. The van der Waals surface area contributed by atoms with Crippen LogP contribution in [0.15, 0.2) is 23.1 Å². The van der Waals surface area contributed by atoms with Crippen LogP contribution in [0, 0.1) is 0 Å². The van der Waals surface area contributed by atoms with E-state index >= 15 is 0 Å². The van der Waals surface area contributed by atoms with Crippen LogP contribution in [0.2, 0.25) is 0 Å². The molecule has 1 aromatic rings. The lowest BCUT2D eigenvalue weighted by Crippen LogP contribution is -2.32. The molecule has 0 spiro atoms. The van der Waals surface area contributed by atoms with Crippen LogP contribution in [0.25, 0.3) is 0 Å². The molecule has 0 aliphatic rings. The summed E-state index contributed by atoms with van der Waals surface area (Å²) < 4.78 is 27.2. The molecule has 11 heteroatoms. The third-order valence-corrected chi connectivity index (χ3v) is 3.06. The Hall–Kier alpha value is -2.66. The van der Waals surface area contributed by atoms with E-state index in [1.54, 1.807) is 0 Å². The van der Waals surface area contributed by atoms with Gasteiger partial charge in [0.15, 0.2) is 0 Å². The molecule has 0 radical (unpaired) electrons. The first-order valence-corrected chi connectivity index (χ1v) is 6.15. The van der Waals surface area contributed by atoms with E-state index in [-0.39, 0.29) is 0 Å². The minimum atomic E-state index is -4.61. The Morgan fingerprint density at radius 3 is 1.85 bits per heavy atom. The maximum absolute atomic E-state index is 11.6. The van der Waals surface area contributed by atoms with E-state index in [9.17, 15) is 22.8 Å². The SMILES string of the molecule is NC(=O)NOS(=O)(=O)c1cc(C(=O)O)cc(C(=O)O)c1. The predicted molar refractivity (Wildman–Crippen MR) is 61.4 cm³/mol. The molecule has 0 heterocycles. The van der Waals surface area contributed by atoms with Crippen LogP contribution in [0.4, 0.5) is 4.79 Å². The number of rotatable bonds is 5. The van der Waals surface area contributed by atoms with Crippen molar-refractivity contribution in [1.29, 1.82) is 0 Å². The Morgan fingerprint density at radius 2 is 1.50 bits per heavy atom. The van der Waals surface area contributed by atoms with Crippen molar-refractivity contribution in [3.05, 3.63) is 29.3 Å². The first-order valence-electron chi connectivity index (χ1n) is 4.74. The molecule has 0 saturated carbocycles. The number of hydrogen-bond donors (Lipinski definition) is 4. The van der Waals surface area contributed by atoms with Crippen LogP contribution >= 0.6 is 0 Å². The average Bonchev–Trinajstić information content (AvgIpc) is 2.35. The summed E-state index contributed by atoms with van der Waals surface area (Å²) in [5.41, 5.74) is 4.79. The molecule has 0 fully saturated rings. The highest BCUT2D eigenvalue weighted by molar-refractivity contribution is 7.86. The van der Waals surface area contributed by atoms with E-state index in [2.05, 4.69) is 10.0 Å². The van der Waals surface area contributed by atoms with Crippen LogP contribution in [-0.2, 0) is 14.4 Å². The molecule has 0 saturated heterocycles. The van der Waals surface area contributed by atoms with Gasteiger partial charge in [0.2, 0.25) is 0 Å². The number of primary amides is 1. The van der Waals surface area contributed by atoms with E-state index in [1.807, 2.05) is 0 Å². The zero-order chi connectivity index (χ0) is 15.5. The fraction of sp³-hybridized carbons (Fsp3) is 0. The van der Waals surface area contributed by atoms with Crippen LogP contribution < -0.4 is 11.2 Å². The summed E-state index contributed by atoms with van der Waals surface area (Å²) in [5.74, 6) is -3.07. The number of aromatic carboxylic acids is 2. The zero-order valence-corrected chi connectivity index (χ0v) is 10.4. The summed E-state index contributed by atoms with van der Waals surface area (Å²) in [6.45, 7) is 0. The Kier molecular flexibility index (Phi) is 4.27. The van der Waals surface area contributed by atoms with Crippen LogP contribution in [0.1, 0.15) is 20.7 Å². The number of hydrogen-bond acceptors (Lipinski definition) is 6. The number of nitrogens with two attached hydrogens (primary N) is 1. The smallest absolute Gasteiger partial charge is 0.337 e. The second-order valence-electron chi connectivity index (χ2n) is 3.36. The first-order chi connectivity index (χ1) is 9.13. The lowest BCUT2D eigenvalue weighted by Gasteiger charge is -2.06. The van der Waals surface area contributed by atoms with Crippen molar-refractivity contribution in [2.24, 2.45) is 5.73 Å². The molecule has 2 amide bonds. The second-order valence-corrected chi connectivity index (χ2v) is 4.91. The molecule has 0 atom stereocenters. The van der Waals surface area contributed by atoms with E-state index < -0.39 is 44.1 Å². The maximum atomic E-state index is 11.6. The van der Waals surface area contributed by atoms with E-state index in [4.69, 9.17) is 10.2 Å². The van der Waals surface area contributed by atoms with Crippen LogP contribution in [-0.4, -0.2) is 36.6 Å². The molecule has 0 aromatic heterocycles. The summed E-state index contributed by atoms with van der Waals surface area (Å²) in [6, 6.07) is 0.812. The van der Waals surface area contributed by atoms with Gasteiger partial charge in [-0.2, -0.15) is 13.9 Å². The van der Waals surface area contributed by atoms with Gasteiger partial charge in [-0.3, -0.25) is 0 Å². The highest BCUT2D eigenvalue weighted by Crippen LogP contribution is 2.17. The maximum Gasteiger partial charge on any atom is 0.337 e. The summed E-state index contributed by atoms with van der Waals surface area (Å²) in [7, 11) is -4.61. The third kappa shape index (κ3) is 3.66. The Labute approximate surface area is 111 Å². The number of hydroxylamine groups is 1. The number of benzene rings is 1. The Balaban J connectivity index is 3.33. The minimum absolute atomic E-state index is 0.578. The second kappa shape index (κ2) is 5.54. The summed E-state index contributed by atoms with van der Waals surface area (Å²) >= 11 is 0. The van der Waals surface area contributed by atoms with Gasteiger partial charge in [-0.15, -0.1) is 4.28 Å². The normalized spacial score (nSPS) is 10.8. The van der Waals surface area contributed by atoms with Gasteiger partial charge in [0, 0.05) is 0 Å². The topological polar surface area (TPSA) is 173 Å². The van der Waals surface area contributed by atoms with Gasteiger partial charge < -0.3 is 15.9 Å². The number of amides is 2.